The normalized spacial score (nSPS) is 11.4. The van der Waals surface area contributed by atoms with Gasteiger partial charge < -0.3 is 9.80 Å². The molecule has 0 spiro atoms. The number of benzene rings is 10. The van der Waals surface area contributed by atoms with Crippen molar-refractivity contribution in [2.75, 3.05) is 9.80 Å². The smallest absolute Gasteiger partial charge is 0.0546 e. The third-order valence-corrected chi connectivity index (χ3v) is 11.9. The van der Waals surface area contributed by atoms with Crippen LogP contribution in [0.2, 0.25) is 0 Å². The first kappa shape index (κ1) is 35.3. The second-order valence-electron chi connectivity index (χ2n) is 15.6. The lowest BCUT2D eigenvalue weighted by Crippen LogP contribution is -2.13. The molecule has 0 atom stereocenters. The summed E-state index contributed by atoms with van der Waals surface area (Å²) in [4.78, 5) is 4.93. The van der Waals surface area contributed by atoms with Crippen LogP contribution in [-0.4, -0.2) is 0 Å². The fourth-order valence-corrected chi connectivity index (χ4v) is 9.02. The highest BCUT2D eigenvalue weighted by Crippen LogP contribution is 2.47. The molecule has 2 heteroatoms. The summed E-state index contributed by atoms with van der Waals surface area (Å²) in [6, 6.07) is 71.2. The maximum Gasteiger partial charge on any atom is 0.0546 e. The van der Waals surface area contributed by atoms with Crippen LogP contribution >= 0.6 is 0 Å². The molecule has 0 fully saturated rings. The van der Waals surface area contributed by atoms with Crippen LogP contribution in [0.5, 0.6) is 0 Å². The zero-order valence-corrected chi connectivity index (χ0v) is 33.4. The fourth-order valence-electron chi connectivity index (χ4n) is 9.02. The quantitative estimate of drug-likeness (QED) is 0.150. The van der Waals surface area contributed by atoms with E-state index in [4.69, 9.17) is 0 Å². The molecular weight excluding hydrogens is 701 g/mol. The van der Waals surface area contributed by atoms with Crippen LogP contribution in [0, 0.1) is 27.7 Å². The second kappa shape index (κ2) is 14.4. The Kier molecular flexibility index (Phi) is 8.76. The first-order valence-corrected chi connectivity index (χ1v) is 20.2. The Morgan fingerprint density at radius 2 is 0.569 bits per heavy atom. The Labute approximate surface area is 340 Å². The van der Waals surface area contributed by atoms with E-state index in [1.165, 1.54) is 111 Å². The zero-order valence-electron chi connectivity index (χ0n) is 33.4. The monoisotopic (exact) mass is 744 g/mol. The molecule has 0 aromatic heterocycles. The highest BCUT2D eigenvalue weighted by molar-refractivity contribution is 6.16. The second-order valence-corrected chi connectivity index (χ2v) is 15.6. The van der Waals surface area contributed by atoms with Gasteiger partial charge in [0, 0.05) is 33.5 Å². The first-order chi connectivity index (χ1) is 28.4. The van der Waals surface area contributed by atoms with Crippen LogP contribution in [0.15, 0.2) is 194 Å². The van der Waals surface area contributed by atoms with E-state index < -0.39 is 0 Å². The molecule has 0 aliphatic rings. The Hall–Kier alpha value is -7.16. The van der Waals surface area contributed by atoms with E-state index in [9.17, 15) is 0 Å². The van der Waals surface area contributed by atoms with E-state index in [0.717, 1.165) is 0 Å². The standard InChI is InChI=1S/C56H44N2/c1-37-17-5-15-27-51(37)57(55-35-43-19-7-9-21-45(43)47-23-11-13-25-49(47)55)53-31-29-41(33-39(53)3)42-30-32-54(40(4)34-42)58(52-28-16-6-18-38(52)2)56-36-44-20-8-10-22-46(44)48-24-12-14-26-50(48)56/h5-36H,1-4H3. The highest BCUT2D eigenvalue weighted by Gasteiger charge is 2.23. The first-order valence-electron chi connectivity index (χ1n) is 20.2. The number of hydrogen-bond acceptors (Lipinski definition) is 2. The number of hydrogen-bond donors (Lipinski definition) is 0. The average molecular weight is 745 g/mol. The molecule has 58 heavy (non-hydrogen) atoms. The zero-order chi connectivity index (χ0) is 39.3. The number of aryl methyl sites for hydroxylation is 4. The van der Waals surface area contributed by atoms with Crippen molar-refractivity contribution in [1.29, 1.82) is 0 Å². The van der Waals surface area contributed by atoms with E-state index in [1.807, 2.05) is 0 Å². The number of rotatable bonds is 7. The summed E-state index contributed by atoms with van der Waals surface area (Å²) < 4.78 is 0. The number of nitrogens with zero attached hydrogens (tertiary/aromatic N) is 2. The summed E-state index contributed by atoms with van der Waals surface area (Å²) in [5.41, 5.74) is 14.3. The molecule has 0 bridgehead atoms. The number of para-hydroxylation sites is 2. The summed E-state index contributed by atoms with van der Waals surface area (Å²) in [5, 5.41) is 9.99. The molecule has 0 saturated heterocycles. The highest BCUT2D eigenvalue weighted by atomic mass is 15.2. The van der Waals surface area contributed by atoms with Crippen LogP contribution in [0.4, 0.5) is 34.1 Å². The maximum atomic E-state index is 2.46. The van der Waals surface area contributed by atoms with Gasteiger partial charge in [0.05, 0.1) is 11.4 Å². The van der Waals surface area contributed by atoms with Gasteiger partial charge in [-0.1, -0.05) is 146 Å². The summed E-state index contributed by atoms with van der Waals surface area (Å²) in [7, 11) is 0. The average Bonchev–Trinajstić information content (AvgIpc) is 3.26. The topological polar surface area (TPSA) is 6.48 Å². The van der Waals surface area contributed by atoms with Gasteiger partial charge >= 0.3 is 0 Å². The van der Waals surface area contributed by atoms with E-state index >= 15 is 0 Å². The van der Waals surface area contributed by atoms with E-state index in [1.54, 1.807) is 0 Å². The number of anilines is 6. The molecule has 0 unspecified atom stereocenters. The predicted octanol–water partition coefficient (Wildman–Crippen LogP) is 16.1. The molecule has 10 aromatic rings. The minimum atomic E-state index is 1.17. The van der Waals surface area contributed by atoms with Crippen molar-refractivity contribution in [2.24, 2.45) is 0 Å². The lowest BCUT2D eigenvalue weighted by molar-refractivity contribution is 1.23. The molecule has 0 heterocycles. The van der Waals surface area contributed by atoms with Crippen molar-refractivity contribution in [3.05, 3.63) is 216 Å². The summed E-state index contributed by atoms with van der Waals surface area (Å²) in [5.74, 6) is 0. The van der Waals surface area contributed by atoms with E-state index in [0.29, 0.717) is 0 Å². The van der Waals surface area contributed by atoms with Gasteiger partial charge in [0.1, 0.15) is 0 Å². The van der Waals surface area contributed by atoms with Crippen molar-refractivity contribution in [2.45, 2.75) is 27.7 Å². The molecule has 0 saturated carbocycles. The van der Waals surface area contributed by atoms with E-state index in [2.05, 4.69) is 232 Å². The Balaban J connectivity index is 1.11. The summed E-state index contributed by atoms with van der Waals surface area (Å²) >= 11 is 0. The summed E-state index contributed by atoms with van der Waals surface area (Å²) in [6.07, 6.45) is 0. The SMILES string of the molecule is Cc1ccccc1N(c1ccc(-c2ccc(N(c3ccccc3C)c3cc4ccccc4c4ccccc34)c(C)c2)cc1C)c1cc2ccccc2c2ccccc12. The van der Waals surface area contributed by atoms with Crippen molar-refractivity contribution < 1.29 is 0 Å². The van der Waals surface area contributed by atoms with Gasteiger partial charge in [0.2, 0.25) is 0 Å². The molecule has 0 N–H and O–H groups in total. The van der Waals surface area contributed by atoms with Crippen LogP contribution in [0.3, 0.4) is 0 Å². The molecule has 2 nitrogen and oxygen atoms in total. The van der Waals surface area contributed by atoms with Crippen molar-refractivity contribution >= 4 is 77.2 Å². The molecule has 10 rings (SSSR count). The number of fused-ring (bicyclic) bond motifs is 6. The van der Waals surface area contributed by atoms with Crippen LogP contribution in [0.1, 0.15) is 22.3 Å². The Morgan fingerprint density at radius 1 is 0.241 bits per heavy atom. The van der Waals surface area contributed by atoms with Crippen molar-refractivity contribution in [3.63, 3.8) is 0 Å². The predicted molar refractivity (Wildman–Crippen MR) is 250 cm³/mol. The molecule has 0 aliphatic heterocycles. The van der Waals surface area contributed by atoms with Gasteiger partial charge in [-0.15, -0.1) is 0 Å². The largest absolute Gasteiger partial charge is 0.309 e. The lowest BCUT2D eigenvalue weighted by Gasteiger charge is -2.31. The van der Waals surface area contributed by atoms with Gasteiger partial charge in [-0.25, -0.2) is 0 Å². The van der Waals surface area contributed by atoms with Gasteiger partial charge in [0.25, 0.3) is 0 Å². The van der Waals surface area contributed by atoms with Crippen molar-refractivity contribution in [1.82, 2.24) is 0 Å². The van der Waals surface area contributed by atoms with Crippen LogP contribution in [-0.2, 0) is 0 Å². The molecule has 10 aromatic carbocycles. The van der Waals surface area contributed by atoms with Crippen LogP contribution in [0.25, 0.3) is 54.2 Å². The molecule has 0 aliphatic carbocycles. The van der Waals surface area contributed by atoms with Gasteiger partial charge in [0.15, 0.2) is 0 Å². The van der Waals surface area contributed by atoms with Gasteiger partial charge in [-0.3, -0.25) is 0 Å². The van der Waals surface area contributed by atoms with E-state index in [-0.39, 0.29) is 0 Å². The Morgan fingerprint density at radius 3 is 0.966 bits per heavy atom. The molecule has 278 valence electrons. The lowest BCUT2D eigenvalue weighted by atomic mass is 9.96. The molecule has 0 amide bonds. The summed E-state index contributed by atoms with van der Waals surface area (Å²) in [6.45, 7) is 8.92. The minimum Gasteiger partial charge on any atom is -0.309 e. The maximum absolute atomic E-state index is 2.46. The fraction of sp³-hybridized carbons (Fsp3) is 0.0714. The third-order valence-electron chi connectivity index (χ3n) is 11.9. The molecule has 0 radical (unpaired) electrons. The van der Waals surface area contributed by atoms with Gasteiger partial charge in [-0.05, 0) is 142 Å². The van der Waals surface area contributed by atoms with Crippen LogP contribution < -0.4 is 9.80 Å². The van der Waals surface area contributed by atoms with Gasteiger partial charge in [-0.2, -0.15) is 0 Å². The minimum absolute atomic E-state index is 1.17. The third kappa shape index (κ3) is 5.97. The molecular formula is C56H44N2. The Bertz CT molecular complexity index is 2980. The van der Waals surface area contributed by atoms with Crippen molar-refractivity contribution in [3.8, 4) is 11.1 Å².